The van der Waals surface area contributed by atoms with Crippen LogP contribution in [0, 0.1) is 5.41 Å². The van der Waals surface area contributed by atoms with E-state index in [9.17, 15) is 4.79 Å². The lowest BCUT2D eigenvalue weighted by Crippen LogP contribution is -2.33. The van der Waals surface area contributed by atoms with Crippen LogP contribution in [0.25, 0.3) is 0 Å². The van der Waals surface area contributed by atoms with Gasteiger partial charge in [0, 0.05) is 25.0 Å². The molecule has 2 fully saturated rings. The second kappa shape index (κ2) is 3.78. The summed E-state index contributed by atoms with van der Waals surface area (Å²) in [4.78, 5) is 14.0. The van der Waals surface area contributed by atoms with Gasteiger partial charge in [0.25, 0.3) is 5.91 Å². The Hall–Kier alpha value is -1.01. The van der Waals surface area contributed by atoms with E-state index in [-0.39, 0.29) is 5.91 Å². The first-order valence-corrected chi connectivity index (χ1v) is 6.30. The van der Waals surface area contributed by atoms with Gasteiger partial charge >= 0.3 is 0 Å². The molecule has 1 N–H and O–H groups in total. The van der Waals surface area contributed by atoms with Crippen molar-refractivity contribution in [2.75, 3.05) is 26.2 Å². The lowest BCUT2D eigenvalue weighted by Gasteiger charge is -2.22. The van der Waals surface area contributed by atoms with Crippen molar-refractivity contribution < 1.29 is 4.79 Å². The second-order valence-electron chi connectivity index (χ2n) is 4.70. The van der Waals surface area contributed by atoms with Gasteiger partial charge in [-0.2, -0.15) is 8.75 Å². The highest BCUT2D eigenvalue weighted by Gasteiger charge is 2.42. The van der Waals surface area contributed by atoms with Crippen molar-refractivity contribution in [1.82, 2.24) is 19.0 Å². The summed E-state index contributed by atoms with van der Waals surface area (Å²) in [6.45, 7) is 3.86. The summed E-state index contributed by atoms with van der Waals surface area (Å²) >= 11 is 1.09. The third-order valence-corrected chi connectivity index (χ3v) is 4.12. The van der Waals surface area contributed by atoms with Gasteiger partial charge in [0.15, 0.2) is 5.69 Å². The number of nitrogens with one attached hydrogen (secondary N) is 1. The van der Waals surface area contributed by atoms with E-state index in [0.29, 0.717) is 11.1 Å². The van der Waals surface area contributed by atoms with Gasteiger partial charge in [0.05, 0.1) is 17.9 Å². The number of nitrogens with zero attached hydrogens (tertiary/aromatic N) is 3. The van der Waals surface area contributed by atoms with Gasteiger partial charge in [0.1, 0.15) is 0 Å². The molecule has 1 aromatic rings. The highest BCUT2D eigenvalue weighted by Crippen LogP contribution is 2.36. The quantitative estimate of drug-likeness (QED) is 0.767. The molecule has 3 rings (SSSR count). The molecule has 5 nitrogen and oxygen atoms in total. The fourth-order valence-electron chi connectivity index (χ4n) is 2.67. The summed E-state index contributed by atoms with van der Waals surface area (Å²) in [7, 11) is 0. The van der Waals surface area contributed by atoms with Crippen molar-refractivity contribution in [1.29, 1.82) is 0 Å². The molecule has 0 aromatic carbocycles. The Bertz CT molecular complexity index is 386. The Morgan fingerprint density at radius 2 is 2.50 bits per heavy atom. The maximum absolute atomic E-state index is 12.1. The van der Waals surface area contributed by atoms with Gasteiger partial charge in [-0.15, -0.1) is 0 Å². The molecule has 1 spiro atoms. The van der Waals surface area contributed by atoms with Crippen LogP contribution in [0.15, 0.2) is 6.20 Å². The number of carbonyl (C=O) groups excluding carboxylic acids is 1. The molecule has 0 radical (unpaired) electrons. The zero-order chi connectivity index (χ0) is 11.0. The lowest BCUT2D eigenvalue weighted by atomic mass is 9.87. The summed E-state index contributed by atoms with van der Waals surface area (Å²) in [5, 5.41) is 3.39. The third kappa shape index (κ3) is 1.62. The normalized spacial score (nSPS) is 29.1. The minimum absolute atomic E-state index is 0.0394. The maximum Gasteiger partial charge on any atom is 0.275 e. The van der Waals surface area contributed by atoms with E-state index in [1.807, 2.05) is 4.90 Å². The van der Waals surface area contributed by atoms with Gasteiger partial charge in [0.2, 0.25) is 0 Å². The first-order chi connectivity index (χ1) is 7.79. The molecule has 1 unspecified atom stereocenters. The number of carbonyl (C=O) groups is 1. The number of rotatable bonds is 1. The van der Waals surface area contributed by atoms with E-state index >= 15 is 0 Å². The zero-order valence-electron chi connectivity index (χ0n) is 8.98. The Balaban J connectivity index is 1.72. The summed E-state index contributed by atoms with van der Waals surface area (Å²) in [5.74, 6) is 0.0394. The molecule has 2 aliphatic heterocycles. The Labute approximate surface area is 98.2 Å². The number of aromatic nitrogens is 2. The van der Waals surface area contributed by atoms with Crippen molar-refractivity contribution in [3.63, 3.8) is 0 Å². The summed E-state index contributed by atoms with van der Waals surface area (Å²) in [6, 6.07) is 0. The Morgan fingerprint density at radius 3 is 3.19 bits per heavy atom. The zero-order valence-corrected chi connectivity index (χ0v) is 9.79. The van der Waals surface area contributed by atoms with Crippen LogP contribution in [0.4, 0.5) is 0 Å². The number of hydrogen-bond donors (Lipinski definition) is 1. The fourth-order valence-corrected chi connectivity index (χ4v) is 3.08. The average Bonchev–Trinajstić information content (AvgIpc) is 3.01. The molecule has 0 bridgehead atoms. The predicted molar refractivity (Wildman–Crippen MR) is 60.3 cm³/mol. The lowest BCUT2D eigenvalue weighted by molar-refractivity contribution is 0.0771. The van der Waals surface area contributed by atoms with Gasteiger partial charge in [-0.25, -0.2) is 0 Å². The molecule has 0 aliphatic carbocycles. The molecule has 86 valence electrons. The summed E-state index contributed by atoms with van der Waals surface area (Å²) in [5.41, 5.74) is 0.826. The molecule has 1 amide bonds. The summed E-state index contributed by atoms with van der Waals surface area (Å²) in [6.07, 6.45) is 3.86. The van der Waals surface area contributed by atoms with E-state index in [4.69, 9.17) is 0 Å². The second-order valence-corrected chi connectivity index (χ2v) is 5.25. The van der Waals surface area contributed by atoms with Crippen molar-refractivity contribution in [3.8, 4) is 0 Å². The van der Waals surface area contributed by atoms with E-state index in [2.05, 4.69) is 14.1 Å². The molecule has 2 saturated heterocycles. The van der Waals surface area contributed by atoms with Crippen LogP contribution in [-0.4, -0.2) is 45.7 Å². The highest BCUT2D eigenvalue weighted by atomic mass is 32.1. The minimum Gasteiger partial charge on any atom is -0.337 e. The van der Waals surface area contributed by atoms with Gasteiger partial charge in [-0.1, -0.05) is 0 Å². The number of amides is 1. The third-order valence-electron chi connectivity index (χ3n) is 3.64. The smallest absolute Gasteiger partial charge is 0.275 e. The van der Waals surface area contributed by atoms with Crippen LogP contribution in [-0.2, 0) is 0 Å². The van der Waals surface area contributed by atoms with Crippen molar-refractivity contribution in [2.45, 2.75) is 12.8 Å². The van der Waals surface area contributed by atoms with E-state index in [1.165, 1.54) is 6.42 Å². The molecule has 0 saturated carbocycles. The fraction of sp³-hybridized carbons (Fsp3) is 0.700. The van der Waals surface area contributed by atoms with Crippen LogP contribution in [0.1, 0.15) is 23.3 Å². The predicted octanol–water partition coefficient (Wildman–Crippen LogP) is 0.364. The molecule has 3 heterocycles. The van der Waals surface area contributed by atoms with Crippen LogP contribution < -0.4 is 5.32 Å². The van der Waals surface area contributed by atoms with Gasteiger partial charge < -0.3 is 10.2 Å². The van der Waals surface area contributed by atoms with Crippen LogP contribution in [0.3, 0.4) is 0 Å². The largest absolute Gasteiger partial charge is 0.337 e. The molecule has 1 atom stereocenters. The minimum atomic E-state index is 0.0394. The van der Waals surface area contributed by atoms with E-state index < -0.39 is 0 Å². The van der Waals surface area contributed by atoms with Crippen LogP contribution in [0.2, 0.25) is 0 Å². The monoisotopic (exact) mass is 238 g/mol. The average molecular weight is 238 g/mol. The first-order valence-electron chi connectivity index (χ1n) is 5.57. The molecule has 16 heavy (non-hydrogen) atoms. The molecular weight excluding hydrogens is 224 g/mol. The Morgan fingerprint density at radius 1 is 1.56 bits per heavy atom. The van der Waals surface area contributed by atoms with Gasteiger partial charge in [-0.05, 0) is 19.4 Å². The molecule has 2 aliphatic rings. The van der Waals surface area contributed by atoms with Crippen LogP contribution in [0.5, 0.6) is 0 Å². The van der Waals surface area contributed by atoms with Gasteiger partial charge in [-0.3, -0.25) is 4.79 Å². The standard InChI is InChI=1S/C10H14N4OS/c15-9(8-5-12-16-13-8)14-4-2-10(7-14)1-3-11-6-10/h5,11H,1-4,6-7H2. The molecule has 6 heteroatoms. The van der Waals surface area contributed by atoms with E-state index in [0.717, 1.165) is 44.3 Å². The molecular formula is C10H14N4OS. The van der Waals surface area contributed by atoms with Crippen molar-refractivity contribution >= 4 is 17.6 Å². The van der Waals surface area contributed by atoms with Crippen molar-refractivity contribution in [3.05, 3.63) is 11.9 Å². The highest BCUT2D eigenvalue weighted by molar-refractivity contribution is 6.99. The SMILES string of the molecule is O=C(c1cnsn1)N1CCC2(CCNC2)C1. The summed E-state index contributed by atoms with van der Waals surface area (Å²) < 4.78 is 7.87. The number of hydrogen-bond acceptors (Lipinski definition) is 5. The molecule has 1 aromatic heterocycles. The maximum atomic E-state index is 12.1. The first kappa shape index (κ1) is 10.2. The van der Waals surface area contributed by atoms with Crippen molar-refractivity contribution in [2.24, 2.45) is 5.41 Å². The number of likely N-dealkylation sites (tertiary alicyclic amines) is 1. The van der Waals surface area contributed by atoms with Crippen LogP contribution >= 0.6 is 11.7 Å². The Kier molecular flexibility index (Phi) is 2.40. The topological polar surface area (TPSA) is 58.1 Å². The van der Waals surface area contributed by atoms with E-state index in [1.54, 1.807) is 6.20 Å².